The van der Waals surface area contributed by atoms with Gasteiger partial charge in [-0.25, -0.2) is 0 Å². The lowest BCUT2D eigenvalue weighted by atomic mass is 10.4. The molecule has 18 heavy (non-hydrogen) atoms. The Bertz CT molecular complexity index is 618. The maximum atomic E-state index is 11.2. The van der Waals surface area contributed by atoms with Crippen LogP contribution in [-0.2, 0) is 9.53 Å². The number of nitrogens with zero attached hydrogens (tertiary/aromatic N) is 1. The van der Waals surface area contributed by atoms with Crippen LogP contribution in [0.15, 0.2) is 23.2 Å². The zero-order valence-electron chi connectivity index (χ0n) is 9.81. The first-order valence-electron chi connectivity index (χ1n) is 5.54. The molecule has 0 unspecified atom stereocenters. The van der Waals surface area contributed by atoms with Crippen molar-refractivity contribution in [3.63, 3.8) is 0 Å². The largest absolute Gasteiger partial charge is 0.466 e. The van der Waals surface area contributed by atoms with E-state index in [1.807, 2.05) is 18.2 Å². The Morgan fingerprint density at radius 2 is 2.17 bits per heavy atom. The summed E-state index contributed by atoms with van der Waals surface area (Å²) in [5, 5.41) is 0.731. The second kappa shape index (κ2) is 6.31. The molecule has 96 valence electrons. The smallest absolute Gasteiger partial charge is 0.307 e. The molecule has 0 spiro atoms. The van der Waals surface area contributed by atoms with Crippen LogP contribution in [0, 0.1) is 0 Å². The fraction of sp³-hybridized carbons (Fsp3) is 0.333. The first kappa shape index (κ1) is 13.5. The predicted molar refractivity (Wildman–Crippen MR) is 76.4 cm³/mol. The lowest BCUT2D eigenvalue weighted by Crippen LogP contribution is -2.06. The van der Waals surface area contributed by atoms with Crippen LogP contribution in [0.2, 0.25) is 5.02 Å². The Kier molecular flexibility index (Phi) is 4.74. The lowest BCUT2D eigenvalue weighted by molar-refractivity contribution is -0.142. The highest BCUT2D eigenvalue weighted by Gasteiger charge is 2.01. The highest BCUT2D eigenvalue weighted by Crippen LogP contribution is 2.24. The van der Waals surface area contributed by atoms with Crippen molar-refractivity contribution in [2.75, 3.05) is 13.2 Å². The van der Waals surface area contributed by atoms with E-state index in [2.05, 4.69) is 4.99 Å². The Hall–Kier alpha value is -0.910. The highest BCUT2D eigenvalue weighted by atomic mass is 35.5. The number of carbonyl (C=O) groups excluding carboxylic acids is 1. The fourth-order valence-electron chi connectivity index (χ4n) is 1.39. The Balaban J connectivity index is 2.09. The average molecular weight is 302 g/mol. The monoisotopic (exact) mass is 301 g/mol. The van der Waals surface area contributed by atoms with Crippen molar-refractivity contribution in [1.82, 2.24) is 0 Å². The Morgan fingerprint density at radius 3 is 2.94 bits per heavy atom. The number of fused-ring (bicyclic) bond motifs is 1. The van der Waals surface area contributed by atoms with E-state index in [0.29, 0.717) is 19.6 Å². The second-order valence-electron chi connectivity index (χ2n) is 3.50. The van der Waals surface area contributed by atoms with Crippen molar-refractivity contribution in [3.05, 3.63) is 27.2 Å². The van der Waals surface area contributed by atoms with Gasteiger partial charge in [0.25, 0.3) is 0 Å². The van der Waals surface area contributed by atoms with Gasteiger partial charge in [0.2, 0.25) is 0 Å². The maximum Gasteiger partial charge on any atom is 0.307 e. The zero-order valence-corrected chi connectivity index (χ0v) is 12.2. The molecule has 0 radical (unpaired) electrons. The van der Waals surface area contributed by atoms with Gasteiger partial charge in [-0.2, -0.15) is 0 Å². The average Bonchev–Trinajstić information content (AvgIpc) is 2.71. The number of halogens is 1. The quantitative estimate of drug-likeness (QED) is 0.811. The van der Waals surface area contributed by atoms with Crippen LogP contribution in [0.3, 0.4) is 0 Å². The number of rotatable bonds is 4. The van der Waals surface area contributed by atoms with Crippen LogP contribution in [0.25, 0.3) is 9.40 Å². The van der Waals surface area contributed by atoms with E-state index in [4.69, 9.17) is 16.3 Å². The number of benzene rings is 1. The molecule has 0 aliphatic rings. The number of carbonyl (C=O) groups is 1. The molecule has 0 aliphatic carbocycles. The van der Waals surface area contributed by atoms with E-state index in [9.17, 15) is 4.79 Å². The number of hydrogen-bond donors (Lipinski definition) is 0. The minimum absolute atomic E-state index is 0.199. The summed E-state index contributed by atoms with van der Waals surface area (Å²) in [5.41, 5.74) is 0. The molecule has 0 fully saturated rings. The van der Waals surface area contributed by atoms with Crippen LogP contribution in [0.5, 0.6) is 0 Å². The summed E-state index contributed by atoms with van der Waals surface area (Å²) in [4.78, 5) is 15.5. The van der Waals surface area contributed by atoms with Crippen molar-refractivity contribution in [2.24, 2.45) is 4.99 Å². The summed E-state index contributed by atoms with van der Waals surface area (Å²) in [6, 6.07) is 5.79. The summed E-state index contributed by atoms with van der Waals surface area (Å²) in [6.07, 6.45) is 0.329. The zero-order chi connectivity index (χ0) is 13.0. The van der Waals surface area contributed by atoms with Gasteiger partial charge < -0.3 is 4.74 Å². The van der Waals surface area contributed by atoms with Crippen LogP contribution >= 0.6 is 34.3 Å². The first-order valence-corrected chi connectivity index (χ1v) is 7.55. The Labute approximate surface area is 118 Å². The molecule has 0 saturated carbocycles. The molecule has 1 aromatic carbocycles. The molecule has 6 heteroatoms. The van der Waals surface area contributed by atoms with Crippen molar-refractivity contribution >= 4 is 49.6 Å². The molecule has 1 aromatic heterocycles. The maximum absolute atomic E-state index is 11.2. The Morgan fingerprint density at radius 1 is 1.39 bits per heavy atom. The van der Waals surface area contributed by atoms with E-state index in [1.54, 1.807) is 29.6 Å². The van der Waals surface area contributed by atoms with Gasteiger partial charge in [0.1, 0.15) is 0 Å². The molecule has 2 aromatic rings. The topological polar surface area (TPSA) is 38.7 Å². The molecule has 1 heterocycles. The highest BCUT2D eigenvalue weighted by molar-refractivity contribution is 7.35. The molecule has 3 nitrogen and oxygen atoms in total. The van der Waals surface area contributed by atoms with E-state index in [0.717, 1.165) is 13.7 Å². The van der Waals surface area contributed by atoms with Crippen molar-refractivity contribution in [2.45, 2.75) is 13.3 Å². The van der Waals surface area contributed by atoms with Gasteiger partial charge in [0, 0.05) is 14.4 Å². The summed E-state index contributed by atoms with van der Waals surface area (Å²) in [6.45, 7) is 2.69. The summed E-state index contributed by atoms with van der Waals surface area (Å²) in [5.74, 6) is -0.199. The van der Waals surface area contributed by atoms with Gasteiger partial charge >= 0.3 is 5.97 Å². The van der Waals surface area contributed by atoms with Gasteiger partial charge in [0.05, 0.1) is 19.6 Å². The lowest BCUT2D eigenvalue weighted by Gasteiger charge is -1.97. The van der Waals surface area contributed by atoms with E-state index in [-0.39, 0.29) is 5.97 Å². The van der Waals surface area contributed by atoms with Gasteiger partial charge in [-0.05, 0) is 25.1 Å². The van der Waals surface area contributed by atoms with E-state index >= 15 is 0 Å². The minimum Gasteiger partial charge on any atom is -0.466 e. The van der Waals surface area contributed by atoms with E-state index in [1.165, 1.54) is 4.70 Å². The molecule has 0 amide bonds. The van der Waals surface area contributed by atoms with Gasteiger partial charge in [-0.15, -0.1) is 22.7 Å². The van der Waals surface area contributed by atoms with Crippen LogP contribution in [-0.4, -0.2) is 19.1 Å². The summed E-state index contributed by atoms with van der Waals surface area (Å²) >= 11 is 9.13. The van der Waals surface area contributed by atoms with Crippen LogP contribution in [0.4, 0.5) is 0 Å². The number of esters is 1. The van der Waals surface area contributed by atoms with Crippen LogP contribution in [0.1, 0.15) is 13.3 Å². The standard InChI is InChI=1S/C12H12ClNO2S2/c1-2-16-11(15)5-6-14-12-17-9-4-3-8(13)7-10(9)18-12/h3-4,7H,2,5-6H2,1H3. The van der Waals surface area contributed by atoms with Gasteiger partial charge in [-0.1, -0.05) is 11.6 Å². The van der Waals surface area contributed by atoms with Crippen LogP contribution < -0.4 is 3.98 Å². The van der Waals surface area contributed by atoms with Crippen molar-refractivity contribution in [3.8, 4) is 0 Å². The molecule has 0 aliphatic heterocycles. The fourth-order valence-corrected chi connectivity index (χ4v) is 3.92. The minimum atomic E-state index is -0.199. The predicted octanol–water partition coefficient (Wildman–Crippen LogP) is 3.47. The normalized spacial score (nSPS) is 12.0. The molecular formula is C12H12ClNO2S2. The van der Waals surface area contributed by atoms with Crippen molar-refractivity contribution < 1.29 is 9.53 Å². The number of hydrogen-bond acceptors (Lipinski definition) is 5. The summed E-state index contributed by atoms with van der Waals surface area (Å²) in [7, 11) is 0. The third-order valence-electron chi connectivity index (χ3n) is 2.16. The molecule has 0 N–H and O–H groups in total. The molecule has 2 rings (SSSR count). The first-order chi connectivity index (χ1) is 8.69. The molecular weight excluding hydrogens is 290 g/mol. The SMILES string of the molecule is CCOC(=O)CCN=c1sc2ccc(Cl)cc2s1. The van der Waals surface area contributed by atoms with Crippen molar-refractivity contribution in [1.29, 1.82) is 0 Å². The molecule has 0 atom stereocenters. The summed E-state index contributed by atoms with van der Waals surface area (Å²) < 4.78 is 8.09. The molecule has 0 saturated heterocycles. The second-order valence-corrected chi connectivity index (χ2v) is 6.25. The third-order valence-corrected chi connectivity index (χ3v) is 4.77. The van der Waals surface area contributed by atoms with Gasteiger partial charge in [-0.3, -0.25) is 9.79 Å². The van der Waals surface area contributed by atoms with E-state index < -0.39 is 0 Å². The number of ether oxygens (including phenoxy) is 1. The third kappa shape index (κ3) is 3.54. The van der Waals surface area contributed by atoms with Gasteiger partial charge in [0.15, 0.2) is 3.98 Å². The molecule has 0 bridgehead atoms.